The Hall–Kier alpha value is -2.63. The highest BCUT2D eigenvalue weighted by Gasteiger charge is 2.12. The molecular formula is C15H18N4O2. The van der Waals surface area contributed by atoms with Gasteiger partial charge in [0.05, 0.1) is 12.6 Å². The third-order valence-corrected chi connectivity index (χ3v) is 2.85. The molecule has 2 aromatic rings. The maximum atomic E-state index is 12.0. The molecule has 0 saturated carbocycles. The Bertz CT molecular complexity index is 589. The lowest BCUT2D eigenvalue weighted by molar-refractivity contribution is 0.249. The fourth-order valence-corrected chi connectivity index (χ4v) is 1.83. The van der Waals surface area contributed by atoms with Crippen LogP contribution in [0.4, 0.5) is 10.5 Å². The maximum Gasteiger partial charge on any atom is 0.319 e. The number of anilines is 1. The zero-order valence-electron chi connectivity index (χ0n) is 12.0. The van der Waals surface area contributed by atoms with Crippen LogP contribution in [0.1, 0.15) is 25.5 Å². The monoisotopic (exact) mass is 286 g/mol. The summed E-state index contributed by atoms with van der Waals surface area (Å²) in [5.74, 6) is 0.409. The first-order valence-electron chi connectivity index (χ1n) is 6.76. The molecule has 21 heavy (non-hydrogen) atoms. The predicted octanol–water partition coefficient (Wildman–Crippen LogP) is 2.76. The number of pyridine rings is 2. The molecule has 0 spiro atoms. The average molecular weight is 286 g/mol. The molecule has 2 rings (SSSR count). The first-order chi connectivity index (χ1) is 10.2. The normalized spacial score (nSPS) is 11.5. The number of ether oxygens (including phenoxy) is 1. The summed E-state index contributed by atoms with van der Waals surface area (Å²) in [6.45, 7) is 4.26. The van der Waals surface area contributed by atoms with Gasteiger partial charge in [-0.25, -0.2) is 9.78 Å². The van der Waals surface area contributed by atoms with Crippen molar-refractivity contribution >= 4 is 11.7 Å². The Balaban J connectivity index is 1.99. The van der Waals surface area contributed by atoms with Crippen LogP contribution in [0.2, 0.25) is 0 Å². The van der Waals surface area contributed by atoms with Gasteiger partial charge in [-0.3, -0.25) is 4.98 Å². The van der Waals surface area contributed by atoms with Gasteiger partial charge < -0.3 is 15.4 Å². The molecule has 2 aromatic heterocycles. The van der Waals surface area contributed by atoms with Crippen molar-refractivity contribution in [3.63, 3.8) is 0 Å². The number of amides is 2. The molecule has 6 heteroatoms. The number of nitrogens with one attached hydrogen (secondary N) is 2. The second-order valence-electron chi connectivity index (χ2n) is 4.39. The number of hydrogen-bond donors (Lipinski definition) is 2. The van der Waals surface area contributed by atoms with Crippen LogP contribution >= 0.6 is 0 Å². The van der Waals surface area contributed by atoms with E-state index in [9.17, 15) is 4.79 Å². The quantitative estimate of drug-likeness (QED) is 0.886. The molecule has 6 nitrogen and oxygen atoms in total. The number of aromatic nitrogens is 2. The molecule has 0 aliphatic carbocycles. The SMILES string of the molecule is CCOc1ncccc1NC(=O)N[C@@H](C)c1ccncc1. The van der Waals surface area contributed by atoms with Crippen LogP contribution in [0.15, 0.2) is 42.9 Å². The van der Waals surface area contributed by atoms with E-state index in [0.29, 0.717) is 18.2 Å². The molecule has 2 amide bonds. The second kappa shape index (κ2) is 7.23. The van der Waals surface area contributed by atoms with Crippen molar-refractivity contribution in [3.05, 3.63) is 48.4 Å². The van der Waals surface area contributed by atoms with Gasteiger partial charge in [0.1, 0.15) is 5.69 Å². The van der Waals surface area contributed by atoms with Crippen LogP contribution in [0.3, 0.4) is 0 Å². The molecule has 0 unspecified atom stereocenters. The zero-order valence-corrected chi connectivity index (χ0v) is 12.0. The molecule has 0 bridgehead atoms. The van der Waals surface area contributed by atoms with Crippen molar-refractivity contribution in [3.8, 4) is 5.88 Å². The lowest BCUT2D eigenvalue weighted by Crippen LogP contribution is -2.31. The van der Waals surface area contributed by atoms with Crippen LogP contribution < -0.4 is 15.4 Å². The van der Waals surface area contributed by atoms with Crippen molar-refractivity contribution in [1.29, 1.82) is 0 Å². The highest BCUT2D eigenvalue weighted by molar-refractivity contribution is 5.90. The topological polar surface area (TPSA) is 76.1 Å². The molecule has 110 valence electrons. The van der Waals surface area contributed by atoms with Crippen LogP contribution in [-0.4, -0.2) is 22.6 Å². The summed E-state index contributed by atoms with van der Waals surface area (Å²) in [5.41, 5.74) is 1.52. The zero-order chi connectivity index (χ0) is 15.1. The minimum Gasteiger partial charge on any atom is -0.476 e. The van der Waals surface area contributed by atoms with E-state index >= 15 is 0 Å². The standard InChI is InChI=1S/C15H18N4O2/c1-3-21-14-13(5-4-8-17-14)19-15(20)18-11(2)12-6-9-16-10-7-12/h4-11H,3H2,1-2H3,(H2,18,19,20)/t11-/m0/s1. The van der Waals surface area contributed by atoms with Gasteiger partial charge in [-0.2, -0.15) is 0 Å². The summed E-state index contributed by atoms with van der Waals surface area (Å²) in [6, 6.07) is 6.77. The number of hydrogen-bond acceptors (Lipinski definition) is 4. The first kappa shape index (κ1) is 14.8. The average Bonchev–Trinajstić information content (AvgIpc) is 2.50. The van der Waals surface area contributed by atoms with Gasteiger partial charge in [0.2, 0.25) is 5.88 Å². The third kappa shape index (κ3) is 4.17. The molecule has 0 radical (unpaired) electrons. The maximum absolute atomic E-state index is 12.0. The highest BCUT2D eigenvalue weighted by atomic mass is 16.5. The Labute approximate surface area is 123 Å². The molecule has 0 aromatic carbocycles. The van der Waals surface area contributed by atoms with Gasteiger partial charge >= 0.3 is 6.03 Å². The molecule has 1 atom stereocenters. The van der Waals surface area contributed by atoms with E-state index in [1.807, 2.05) is 26.0 Å². The minimum atomic E-state index is -0.312. The third-order valence-electron chi connectivity index (χ3n) is 2.85. The Kier molecular flexibility index (Phi) is 5.09. The highest BCUT2D eigenvalue weighted by Crippen LogP contribution is 2.20. The molecule has 0 aliphatic heterocycles. The molecule has 0 aliphatic rings. The Morgan fingerprint density at radius 3 is 2.76 bits per heavy atom. The smallest absolute Gasteiger partial charge is 0.319 e. The number of carbonyl (C=O) groups is 1. The molecule has 0 saturated heterocycles. The minimum absolute atomic E-state index is 0.125. The van der Waals surface area contributed by atoms with Crippen LogP contribution in [0.5, 0.6) is 5.88 Å². The number of rotatable bonds is 5. The van der Waals surface area contributed by atoms with E-state index in [0.717, 1.165) is 5.56 Å². The second-order valence-corrected chi connectivity index (χ2v) is 4.39. The van der Waals surface area contributed by atoms with Gasteiger partial charge in [0.15, 0.2) is 0 Å². The lowest BCUT2D eigenvalue weighted by Gasteiger charge is -2.15. The fraction of sp³-hybridized carbons (Fsp3) is 0.267. The van der Waals surface area contributed by atoms with E-state index in [1.165, 1.54) is 0 Å². The van der Waals surface area contributed by atoms with Crippen LogP contribution in [-0.2, 0) is 0 Å². The van der Waals surface area contributed by atoms with E-state index in [4.69, 9.17) is 4.74 Å². The van der Waals surface area contributed by atoms with Crippen molar-refractivity contribution in [2.45, 2.75) is 19.9 Å². The summed E-state index contributed by atoms with van der Waals surface area (Å²) in [6.07, 6.45) is 5.01. The molecular weight excluding hydrogens is 268 g/mol. The summed E-state index contributed by atoms with van der Waals surface area (Å²) in [7, 11) is 0. The molecule has 0 fully saturated rings. The van der Waals surface area contributed by atoms with E-state index in [2.05, 4.69) is 20.6 Å². The van der Waals surface area contributed by atoms with Crippen LogP contribution in [0.25, 0.3) is 0 Å². The van der Waals surface area contributed by atoms with Crippen LogP contribution in [0, 0.1) is 0 Å². The molecule has 2 N–H and O–H groups in total. The summed E-state index contributed by atoms with van der Waals surface area (Å²) < 4.78 is 5.37. The predicted molar refractivity (Wildman–Crippen MR) is 80.2 cm³/mol. The summed E-state index contributed by atoms with van der Waals surface area (Å²) >= 11 is 0. The van der Waals surface area contributed by atoms with Crippen molar-refractivity contribution in [2.75, 3.05) is 11.9 Å². The lowest BCUT2D eigenvalue weighted by atomic mass is 10.1. The van der Waals surface area contributed by atoms with Gasteiger partial charge in [-0.1, -0.05) is 0 Å². The summed E-state index contributed by atoms with van der Waals surface area (Å²) in [5, 5.41) is 5.60. The first-order valence-corrected chi connectivity index (χ1v) is 6.76. The number of nitrogens with zero attached hydrogens (tertiary/aromatic N) is 2. The van der Waals surface area contributed by atoms with E-state index < -0.39 is 0 Å². The van der Waals surface area contributed by atoms with Gasteiger partial charge in [-0.15, -0.1) is 0 Å². The summed E-state index contributed by atoms with van der Waals surface area (Å²) in [4.78, 5) is 20.1. The Morgan fingerprint density at radius 1 is 1.29 bits per heavy atom. The van der Waals surface area contributed by atoms with Gasteiger partial charge in [0, 0.05) is 18.6 Å². The number of urea groups is 1. The van der Waals surface area contributed by atoms with Gasteiger partial charge in [-0.05, 0) is 43.7 Å². The van der Waals surface area contributed by atoms with Crippen molar-refractivity contribution < 1.29 is 9.53 Å². The van der Waals surface area contributed by atoms with Gasteiger partial charge in [0.25, 0.3) is 0 Å². The van der Waals surface area contributed by atoms with Crippen molar-refractivity contribution in [1.82, 2.24) is 15.3 Å². The van der Waals surface area contributed by atoms with E-state index in [1.54, 1.807) is 30.7 Å². The largest absolute Gasteiger partial charge is 0.476 e. The molecule has 2 heterocycles. The fourth-order valence-electron chi connectivity index (χ4n) is 1.83. The van der Waals surface area contributed by atoms with E-state index in [-0.39, 0.29) is 12.1 Å². The van der Waals surface area contributed by atoms with Crippen molar-refractivity contribution in [2.24, 2.45) is 0 Å². The number of carbonyl (C=O) groups excluding carboxylic acids is 1. The Morgan fingerprint density at radius 2 is 2.05 bits per heavy atom.